The van der Waals surface area contributed by atoms with Gasteiger partial charge in [0.05, 0.1) is 44.6 Å². The molecule has 6 aromatic carbocycles. The number of likely N-dealkylation sites (N-methyl/N-ethyl adjacent to an activating group) is 2. The number of carbonyl (C=O) groups is 5. The summed E-state index contributed by atoms with van der Waals surface area (Å²) < 4.78 is 54.1. The number of amides is 4. The van der Waals surface area contributed by atoms with Crippen LogP contribution < -0.4 is 35.3 Å². The molecule has 4 N–H and O–H groups in total. The maximum Gasteiger partial charge on any atom is 0.519 e. The Morgan fingerprint density at radius 2 is 0.852 bits per heavy atom. The molecule has 108 heavy (non-hydrogen) atoms. The minimum absolute atomic E-state index is 0.0534. The molecule has 0 unspecified atom stereocenters. The van der Waals surface area contributed by atoms with Crippen molar-refractivity contribution in [2.45, 2.75) is 184 Å². The molecule has 3 fully saturated rings. The van der Waals surface area contributed by atoms with Crippen molar-refractivity contribution in [1.82, 2.24) is 20.4 Å². The van der Waals surface area contributed by atoms with E-state index in [-0.39, 0.29) is 77.1 Å². The van der Waals surface area contributed by atoms with E-state index in [1.54, 1.807) is 34.4 Å². The third-order valence-corrected chi connectivity index (χ3v) is 22.9. The number of carbonyl (C=O) groups excluding carboxylic acids is 5. The molecule has 6 aliphatic carbocycles. The molecule has 0 saturated heterocycles. The van der Waals surface area contributed by atoms with Gasteiger partial charge in [-0.2, -0.15) is 0 Å². The average molecular weight is 1490 g/mol. The lowest BCUT2D eigenvalue weighted by molar-refractivity contribution is -0.384. The smallest absolute Gasteiger partial charge is 0.445 e. The zero-order chi connectivity index (χ0) is 76.6. The molecule has 0 heterocycles. The second kappa shape index (κ2) is 39.3. The molecule has 0 aromatic heterocycles. The molecular weight excluding hydrogens is 1380 g/mol. The van der Waals surface area contributed by atoms with Gasteiger partial charge in [0.2, 0.25) is 0 Å². The van der Waals surface area contributed by atoms with Crippen LogP contribution in [0.25, 0.3) is 0 Å². The Morgan fingerprint density at radius 1 is 0.472 bits per heavy atom. The van der Waals surface area contributed by atoms with Gasteiger partial charge in [-0.3, -0.25) is 10.1 Å². The van der Waals surface area contributed by atoms with E-state index < -0.39 is 23.3 Å². The molecule has 582 valence electrons. The first-order valence-electron chi connectivity index (χ1n) is 38.4. The number of nitro benzene ring substituents is 1. The van der Waals surface area contributed by atoms with E-state index in [2.05, 4.69) is 43.5 Å². The highest BCUT2D eigenvalue weighted by Gasteiger charge is 2.49. The zero-order valence-corrected chi connectivity index (χ0v) is 63.9. The van der Waals surface area contributed by atoms with Crippen LogP contribution in [0.1, 0.15) is 162 Å². The SMILES string of the molecule is COCCOCCN(C)C(=O)Oc1ccc2c(c1)[C@@]1(C)CCCCC[C@@H](C2)[C@@H]1N.COCCOCCN(C)C(=O)Oc1ccc2c(c1)[C@@]1(C)CCCCC[C@@H](C2)[C@@H]1NC(=O)OCc1ccccc1.C[C@@]12CCCCC[C@@H](Cc3ccc(OC(=O)Oc4ccc([N+](=O)[O-])cc4)cc31)[C@@H]2NC(=O)OCc1ccccc1. The van der Waals surface area contributed by atoms with Gasteiger partial charge < -0.3 is 73.5 Å². The predicted molar refractivity (Wildman–Crippen MR) is 410 cm³/mol. The lowest BCUT2D eigenvalue weighted by atomic mass is 9.59. The maximum atomic E-state index is 13.0. The van der Waals surface area contributed by atoms with Gasteiger partial charge in [0.25, 0.3) is 5.69 Å². The minimum Gasteiger partial charge on any atom is -0.445 e. The topological polar surface area (TPSA) is 277 Å². The molecule has 23 heteroatoms. The molecule has 3 saturated carbocycles. The predicted octanol–water partition coefficient (Wildman–Crippen LogP) is 15.8. The second-order valence-electron chi connectivity index (χ2n) is 30.3. The first-order chi connectivity index (χ1) is 52.2. The van der Waals surface area contributed by atoms with Crippen LogP contribution in [0.2, 0.25) is 0 Å². The third kappa shape index (κ3) is 21.6. The van der Waals surface area contributed by atoms with Crippen LogP contribution in [0.3, 0.4) is 0 Å². The van der Waals surface area contributed by atoms with Crippen molar-refractivity contribution in [3.05, 3.63) is 194 Å². The summed E-state index contributed by atoms with van der Waals surface area (Å²) in [5.74, 6) is 2.71. The van der Waals surface area contributed by atoms with Gasteiger partial charge in [-0.1, -0.05) is 157 Å². The third-order valence-electron chi connectivity index (χ3n) is 22.9. The van der Waals surface area contributed by atoms with Gasteiger partial charge in [0.15, 0.2) is 0 Å². The molecule has 6 aromatic rings. The molecule has 0 spiro atoms. The zero-order valence-electron chi connectivity index (χ0n) is 63.9. The Kier molecular flexibility index (Phi) is 29.6. The summed E-state index contributed by atoms with van der Waals surface area (Å²) in [7, 11) is 6.67. The molecule has 4 amide bonds. The fraction of sp³-hybridized carbons (Fsp3) is 0.518. The highest BCUT2D eigenvalue weighted by Crippen LogP contribution is 2.51. The van der Waals surface area contributed by atoms with E-state index in [0.717, 1.165) is 106 Å². The maximum absolute atomic E-state index is 13.0. The average Bonchev–Trinajstić information content (AvgIpc) is 0.756. The largest absolute Gasteiger partial charge is 0.519 e. The van der Waals surface area contributed by atoms with Crippen molar-refractivity contribution in [3.63, 3.8) is 0 Å². The fourth-order valence-corrected chi connectivity index (χ4v) is 16.8. The van der Waals surface area contributed by atoms with Crippen molar-refractivity contribution >= 4 is 36.2 Å². The Bertz CT molecular complexity index is 3940. The van der Waals surface area contributed by atoms with E-state index in [4.69, 9.17) is 53.1 Å². The number of hydrogen-bond donors (Lipinski definition) is 3. The van der Waals surface area contributed by atoms with Crippen LogP contribution in [-0.2, 0) is 77.1 Å². The van der Waals surface area contributed by atoms with E-state index in [1.165, 1.54) is 88.4 Å². The van der Waals surface area contributed by atoms with Crippen LogP contribution in [-0.4, -0.2) is 144 Å². The summed E-state index contributed by atoms with van der Waals surface area (Å²) in [5, 5.41) is 17.3. The van der Waals surface area contributed by atoms with Gasteiger partial charge >= 0.3 is 30.5 Å². The Balaban J connectivity index is 0.000000175. The van der Waals surface area contributed by atoms with Crippen molar-refractivity contribution in [1.29, 1.82) is 0 Å². The number of rotatable bonds is 23. The number of ether oxygens (including phenoxy) is 10. The first kappa shape index (κ1) is 81.4. The minimum atomic E-state index is -0.940. The van der Waals surface area contributed by atoms with E-state index in [9.17, 15) is 34.1 Å². The van der Waals surface area contributed by atoms with Gasteiger partial charge in [-0.25, -0.2) is 24.0 Å². The lowest BCUT2D eigenvalue weighted by Gasteiger charge is -2.49. The Morgan fingerprint density at radius 3 is 1.28 bits per heavy atom. The lowest BCUT2D eigenvalue weighted by Crippen LogP contribution is -2.57. The van der Waals surface area contributed by atoms with E-state index in [0.29, 0.717) is 81.8 Å². The normalized spacial score (nSPS) is 23.0. The number of fused-ring (bicyclic) bond motifs is 12. The van der Waals surface area contributed by atoms with Crippen LogP contribution >= 0.6 is 0 Å². The number of nitrogens with two attached hydrogens (primary N) is 1. The van der Waals surface area contributed by atoms with Crippen LogP contribution in [0.5, 0.6) is 23.0 Å². The van der Waals surface area contributed by atoms with Crippen molar-refractivity contribution in [2.75, 3.05) is 81.0 Å². The Labute approximate surface area is 635 Å². The van der Waals surface area contributed by atoms with Crippen LogP contribution in [0.4, 0.5) is 29.7 Å². The highest BCUT2D eigenvalue weighted by atomic mass is 16.7. The number of nitrogens with zero attached hydrogens (tertiary/aromatic N) is 3. The number of benzene rings is 6. The summed E-state index contributed by atoms with van der Waals surface area (Å²) in [6.45, 7) is 11.0. The van der Waals surface area contributed by atoms with Gasteiger partial charge in [-0.05, 0) is 169 Å². The standard InChI is InChI=1S/C31H32N2O7.C31H42N2O6.C23H36N2O4/c1-31-17-7-3-6-10-23(28(31)32-29(34)38-20-21-8-4-2-5-9-21)18-22-11-14-26(19-27(22)31)40-30(35)39-25-15-12-24(13-16-25)33(36)37;1-31-15-9-5-8-12-25(28(31)32-29(34)38-22-23-10-6-4-7-11-23)20-24-13-14-26(21-27(24)31)39-30(35)33(2)16-17-37-19-18-36-3;1-23-10-6-4-5-7-18(21(23)24)15-17-8-9-19(16-20(17)23)29-22(26)25(2)11-12-28-14-13-27-3/h2,4-5,8-9,11-16,19,23,28H,3,6-7,10,17-18,20H2,1H3,(H,32,34);4,6-7,10-11,13-14,21,25,28H,5,8-9,12,15-20,22H2,1-3H3,(H,32,34);8-9,16,18,21H,4-7,10-15,24H2,1-3H3/t23-,28-,31+;25-,28-,31+;18-,21-,23+/m000/s1. The molecule has 9 atom stereocenters. The number of methoxy groups -OCH3 is 2. The second-order valence-corrected chi connectivity index (χ2v) is 30.3. The number of hydrogen-bond acceptors (Lipinski definition) is 18. The number of nitrogens with one attached hydrogen (secondary N) is 2. The number of non-ortho nitro benzene ring substituents is 1. The van der Waals surface area contributed by atoms with Gasteiger partial charge in [0.1, 0.15) is 36.2 Å². The molecule has 6 aliphatic rings. The number of nitro groups is 1. The van der Waals surface area contributed by atoms with Crippen molar-refractivity contribution < 1.29 is 76.3 Å². The fourth-order valence-electron chi connectivity index (χ4n) is 16.8. The quantitative estimate of drug-likeness (QED) is 0.0177. The summed E-state index contributed by atoms with van der Waals surface area (Å²) in [4.78, 5) is 77.0. The molecule has 6 bridgehead atoms. The van der Waals surface area contributed by atoms with Crippen molar-refractivity contribution in [3.8, 4) is 23.0 Å². The molecule has 0 aliphatic heterocycles. The van der Waals surface area contributed by atoms with Gasteiger partial charge in [0, 0.05) is 87.9 Å². The van der Waals surface area contributed by atoms with Gasteiger partial charge in [-0.15, -0.1) is 0 Å². The first-order valence-corrected chi connectivity index (χ1v) is 38.4. The molecular formula is C85H110N6O17. The Hall–Kier alpha value is -9.13. The molecule has 23 nitrogen and oxygen atoms in total. The summed E-state index contributed by atoms with van der Waals surface area (Å²) in [6, 6.07) is 42.1. The van der Waals surface area contributed by atoms with Crippen LogP contribution in [0, 0.1) is 27.9 Å². The number of alkyl carbamates (subject to hydrolysis) is 2. The summed E-state index contributed by atoms with van der Waals surface area (Å²) >= 11 is 0. The monoisotopic (exact) mass is 1490 g/mol. The summed E-state index contributed by atoms with van der Waals surface area (Å²) in [6.07, 6.45) is 16.8. The van der Waals surface area contributed by atoms with Crippen molar-refractivity contribution in [2.24, 2.45) is 23.5 Å². The molecule has 12 rings (SSSR count). The van der Waals surface area contributed by atoms with Crippen LogP contribution in [0.15, 0.2) is 140 Å². The van der Waals surface area contributed by atoms with E-state index in [1.807, 2.05) is 97.1 Å². The summed E-state index contributed by atoms with van der Waals surface area (Å²) in [5.41, 5.74) is 15.1. The molecule has 0 radical (unpaired) electrons. The van der Waals surface area contributed by atoms with E-state index >= 15 is 0 Å². The highest BCUT2D eigenvalue weighted by molar-refractivity contribution is 5.72.